The molecule has 1 N–H and O–H groups in total. The normalized spacial score (nSPS) is 32.0. The highest BCUT2D eigenvalue weighted by Gasteiger charge is 2.34. The summed E-state index contributed by atoms with van der Waals surface area (Å²) in [5, 5.41) is 3.81. The van der Waals surface area contributed by atoms with Crippen LogP contribution in [0.5, 0.6) is 0 Å². The van der Waals surface area contributed by atoms with E-state index in [9.17, 15) is 0 Å². The topological polar surface area (TPSA) is 15.3 Å². The van der Waals surface area contributed by atoms with Gasteiger partial charge < -0.3 is 5.32 Å². The third-order valence-electron chi connectivity index (χ3n) is 4.97. The van der Waals surface area contributed by atoms with Crippen molar-refractivity contribution in [1.82, 2.24) is 10.2 Å². The average Bonchev–Trinajstić information content (AvgIpc) is 2.40. The molecule has 18 heavy (non-hydrogen) atoms. The Kier molecular flexibility index (Phi) is 5.50. The summed E-state index contributed by atoms with van der Waals surface area (Å²) in [6.45, 7) is 9.56. The second-order valence-electron chi connectivity index (χ2n) is 6.65. The van der Waals surface area contributed by atoms with Crippen molar-refractivity contribution < 1.29 is 0 Å². The molecule has 2 unspecified atom stereocenters. The molecule has 0 spiro atoms. The highest BCUT2D eigenvalue weighted by atomic mass is 15.3. The summed E-state index contributed by atoms with van der Waals surface area (Å²) < 4.78 is 0. The predicted molar refractivity (Wildman–Crippen MR) is 78.9 cm³/mol. The first kappa shape index (κ1) is 14.3. The van der Waals surface area contributed by atoms with Crippen LogP contribution < -0.4 is 5.32 Å². The molecule has 2 nitrogen and oxygen atoms in total. The van der Waals surface area contributed by atoms with E-state index in [0.717, 1.165) is 18.0 Å². The average molecular weight is 252 g/mol. The van der Waals surface area contributed by atoms with Crippen LogP contribution in [0.4, 0.5) is 0 Å². The van der Waals surface area contributed by atoms with Gasteiger partial charge in [-0.05, 0) is 39.0 Å². The Morgan fingerprint density at radius 3 is 2.50 bits per heavy atom. The van der Waals surface area contributed by atoms with Gasteiger partial charge in [-0.15, -0.1) is 0 Å². The lowest BCUT2D eigenvalue weighted by Crippen LogP contribution is -2.60. The minimum absolute atomic E-state index is 0.707. The molecule has 1 aliphatic carbocycles. The van der Waals surface area contributed by atoms with Gasteiger partial charge in [0.05, 0.1) is 0 Å². The molecule has 1 aliphatic heterocycles. The van der Waals surface area contributed by atoms with Crippen LogP contribution in [0.2, 0.25) is 0 Å². The molecule has 0 aromatic rings. The fourth-order valence-corrected chi connectivity index (χ4v) is 3.95. The zero-order valence-electron chi connectivity index (χ0n) is 12.6. The zero-order chi connectivity index (χ0) is 13.0. The number of piperazine rings is 1. The molecule has 2 atom stereocenters. The van der Waals surface area contributed by atoms with E-state index in [1.54, 1.807) is 0 Å². The Morgan fingerprint density at radius 1 is 1.17 bits per heavy atom. The minimum atomic E-state index is 0.707. The molecule has 0 amide bonds. The molecule has 0 radical (unpaired) electrons. The molecule has 1 saturated carbocycles. The van der Waals surface area contributed by atoms with E-state index in [1.165, 1.54) is 58.0 Å². The number of hydrogen-bond donors (Lipinski definition) is 1. The van der Waals surface area contributed by atoms with Gasteiger partial charge in [0.25, 0.3) is 0 Å². The van der Waals surface area contributed by atoms with Crippen LogP contribution >= 0.6 is 0 Å². The largest absolute Gasteiger partial charge is 0.311 e. The maximum Gasteiger partial charge on any atom is 0.0252 e. The van der Waals surface area contributed by atoms with Crippen LogP contribution in [-0.4, -0.2) is 36.1 Å². The van der Waals surface area contributed by atoms with Crippen molar-refractivity contribution in [3.63, 3.8) is 0 Å². The van der Waals surface area contributed by atoms with E-state index in [4.69, 9.17) is 0 Å². The van der Waals surface area contributed by atoms with Crippen LogP contribution in [0, 0.1) is 5.92 Å². The van der Waals surface area contributed by atoms with Crippen molar-refractivity contribution in [3.8, 4) is 0 Å². The summed E-state index contributed by atoms with van der Waals surface area (Å²) in [5.74, 6) is 0.955. The lowest BCUT2D eigenvalue weighted by molar-refractivity contribution is 0.0451. The Hall–Kier alpha value is -0.0800. The van der Waals surface area contributed by atoms with Gasteiger partial charge in [0.2, 0.25) is 0 Å². The quantitative estimate of drug-likeness (QED) is 0.825. The summed E-state index contributed by atoms with van der Waals surface area (Å²) >= 11 is 0. The van der Waals surface area contributed by atoms with Crippen molar-refractivity contribution in [2.24, 2.45) is 5.92 Å². The first-order chi connectivity index (χ1) is 8.72. The summed E-state index contributed by atoms with van der Waals surface area (Å²) in [7, 11) is 0. The maximum atomic E-state index is 3.81. The third kappa shape index (κ3) is 3.48. The van der Waals surface area contributed by atoms with E-state index in [0.29, 0.717) is 6.04 Å². The fourth-order valence-electron chi connectivity index (χ4n) is 3.95. The van der Waals surface area contributed by atoms with Gasteiger partial charge in [0.15, 0.2) is 0 Å². The molecule has 106 valence electrons. The number of hydrogen-bond acceptors (Lipinski definition) is 2. The SMILES string of the molecule is CCCC1CN(C(C)C)C(C2CCCCC2)CN1. The molecule has 0 aromatic carbocycles. The van der Waals surface area contributed by atoms with Gasteiger partial charge >= 0.3 is 0 Å². The van der Waals surface area contributed by atoms with E-state index in [1.807, 2.05) is 0 Å². The lowest BCUT2D eigenvalue weighted by Gasteiger charge is -2.47. The summed E-state index contributed by atoms with van der Waals surface area (Å²) in [5.41, 5.74) is 0. The van der Waals surface area contributed by atoms with Gasteiger partial charge in [-0.25, -0.2) is 0 Å². The molecule has 0 bridgehead atoms. The molecule has 2 aliphatic rings. The monoisotopic (exact) mass is 252 g/mol. The molecule has 2 rings (SSSR count). The van der Waals surface area contributed by atoms with E-state index < -0.39 is 0 Å². The predicted octanol–water partition coefficient (Wildman–Crippen LogP) is 3.42. The van der Waals surface area contributed by atoms with E-state index in [-0.39, 0.29) is 0 Å². The fraction of sp³-hybridized carbons (Fsp3) is 1.00. The van der Waals surface area contributed by atoms with Gasteiger partial charge in [-0.3, -0.25) is 4.90 Å². The lowest BCUT2D eigenvalue weighted by atomic mass is 9.81. The van der Waals surface area contributed by atoms with Crippen LogP contribution in [0.3, 0.4) is 0 Å². The van der Waals surface area contributed by atoms with Crippen molar-refractivity contribution in [1.29, 1.82) is 0 Å². The molecule has 2 heteroatoms. The van der Waals surface area contributed by atoms with E-state index >= 15 is 0 Å². The van der Waals surface area contributed by atoms with Gasteiger partial charge in [0, 0.05) is 31.2 Å². The smallest absolute Gasteiger partial charge is 0.0252 e. The molecular weight excluding hydrogens is 220 g/mol. The Labute approximate surface area is 114 Å². The molecule has 0 aromatic heterocycles. The van der Waals surface area contributed by atoms with Crippen LogP contribution in [0.1, 0.15) is 65.7 Å². The second kappa shape index (κ2) is 6.91. The first-order valence-electron chi connectivity index (χ1n) is 8.21. The van der Waals surface area contributed by atoms with Crippen LogP contribution in [-0.2, 0) is 0 Å². The molecule has 1 saturated heterocycles. The minimum Gasteiger partial charge on any atom is -0.311 e. The standard InChI is InChI=1S/C16H32N2/c1-4-8-15-12-18(13(2)3)16(11-17-15)14-9-6-5-7-10-14/h13-17H,4-12H2,1-3H3. The van der Waals surface area contributed by atoms with Crippen LogP contribution in [0.15, 0.2) is 0 Å². The second-order valence-corrected chi connectivity index (χ2v) is 6.65. The number of nitrogens with one attached hydrogen (secondary N) is 1. The highest BCUT2D eigenvalue weighted by molar-refractivity contribution is 4.92. The molecule has 1 heterocycles. The molecule has 2 fully saturated rings. The first-order valence-corrected chi connectivity index (χ1v) is 8.21. The highest BCUT2D eigenvalue weighted by Crippen LogP contribution is 2.31. The van der Waals surface area contributed by atoms with Crippen molar-refractivity contribution in [2.75, 3.05) is 13.1 Å². The van der Waals surface area contributed by atoms with E-state index in [2.05, 4.69) is 31.0 Å². The summed E-state index contributed by atoms with van der Waals surface area (Å²) in [6, 6.07) is 2.24. The maximum absolute atomic E-state index is 3.81. The Balaban J connectivity index is 1.96. The van der Waals surface area contributed by atoms with Crippen molar-refractivity contribution in [3.05, 3.63) is 0 Å². The van der Waals surface area contributed by atoms with Gasteiger partial charge in [0.1, 0.15) is 0 Å². The Morgan fingerprint density at radius 2 is 1.89 bits per heavy atom. The third-order valence-corrected chi connectivity index (χ3v) is 4.97. The summed E-state index contributed by atoms with van der Waals surface area (Å²) in [6.07, 6.45) is 9.97. The Bertz CT molecular complexity index is 233. The van der Waals surface area contributed by atoms with Crippen LogP contribution in [0.25, 0.3) is 0 Å². The van der Waals surface area contributed by atoms with Gasteiger partial charge in [-0.1, -0.05) is 32.6 Å². The van der Waals surface area contributed by atoms with Gasteiger partial charge in [-0.2, -0.15) is 0 Å². The zero-order valence-corrected chi connectivity index (χ0v) is 12.6. The molecular formula is C16H32N2. The van der Waals surface area contributed by atoms with Crippen molar-refractivity contribution >= 4 is 0 Å². The number of rotatable bonds is 4. The van der Waals surface area contributed by atoms with Crippen molar-refractivity contribution in [2.45, 2.75) is 83.8 Å². The number of nitrogens with zero attached hydrogens (tertiary/aromatic N) is 1. The summed E-state index contributed by atoms with van der Waals surface area (Å²) in [4.78, 5) is 2.80.